The second-order valence-electron chi connectivity index (χ2n) is 5.22. The molecule has 1 aliphatic heterocycles. The number of ether oxygens (including phenoxy) is 1. The summed E-state index contributed by atoms with van der Waals surface area (Å²) in [4.78, 5) is 2.19. The van der Waals surface area contributed by atoms with Gasteiger partial charge in [-0.1, -0.05) is 0 Å². The lowest BCUT2D eigenvalue weighted by atomic mass is 10.3. The average molecular weight is 330 g/mol. The Bertz CT molecular complexity index is 567. The van der Waals surface area contributed by atoms with E-state index in [2.05, 4.69) is 0 Å². The molecular formula is C14H22N2O5S. The predicted octanol–water partition coefficient (Wildman–Crippen LogP) is -0.645. The summed E-state index contributed by atoms with van der Waals surface area (Å²) in [7, 11) is -1.97. The fraction of sp³-hybridized carbons (Fsp3) is 0.571. The van der Waals surface area contributed by atoms with Crippen molar-refractivity contribution in [1.29, 1.82) is 0 Å². The molecule has 2 rings (SSSR count). The molecule has 0 radical (unpaired) electrons. The minimum atomic E-state index is -3.51. The molecule has 1 aliphatic rings. The summed E-state index contributed by atoms with van der Waals surface area (Å²) in [6, 6.07) is 6.33. The molecule has 0 spiro atoms. The lowest BCUT2D eigenvalue weighted by molar-refractivity contribution is 0.0491. The van der Waals surface area contributed by atoms with Crippen LogP contribution in [0.25, 0.3) is 0 Å². The van der Waals surface area contributed by atoms with Crippen molar-refractivity contribution in [2.45, 2.75) is 11.0 Å². The monoisotopic (exact) mass is 330 g/mol. The zero-order valence-corrected chi connectivity index (χ0v) is 13.4. The van der Waals surface area contributed by atoms with E-state index in [0.29, 0.717) is 38.5 Å². The van der Waals surface area contributed by atoms with E-state index >= 15 is 0 Å². The van der Waals surface area contributed by atoms with Crippen LogP contribution in [0, 0.1) is 0 Å². The summed E-state index contributed by atoms with van der Waals surface area (Å²) < 4.78 is 31.6. The molecule has 0 saturated carbocycles. The van der Waals surface area contributed by atoms with Gasteiger partial charge in [0.05, 0.1) is 24.7 Å². The van der Waals surface area contributed by atoms with Gasteiger partial charge in [0.15, 0.2) is 0 Å². The van der Waals surface area contributed by atoms with Gasteiger partial charge in [-0.15, -0.1) is 0 Å². The zero-order chi connectivity index (χ0) is 16.2. The molecule has 1 saturated heterocycles. The van der Waals surface area contributed by atoms with E-state index in [1.54, 1.807) is 12.1 Å². The van der Waals surface area contributed by atoms with Gasteiger partial charge in [-0.2, -0.15) is 4.31 Å². The molecule has 1 fully saturated rings. The summed E-state index contributed by atoms with van der Waals surface area (Å²) in [6.45, 7) is 1.87. The highest BCUT2D eigenvalue weighted by Gasteiger charge is 2.28. The molecule has 8 heteroatoms. The van der Waals surface area contributed by atoms with Crippen LogP contribution in [-0.2, 0) is 10.0 Å². The molecule has 124 valence electrons. The molecule has 0 bridgehead atoms. The maximum absolute atomic E-state index is 12.5. The Hall–Kier alpha value is -1.19. The average Bonchev–Trinajstić information content (AvgIpc) is 2.55. The Kier molecular flexibility index (Phi) is 5.76. The number of benzene rings is 1. The molecule has 0 unspecified atom stereocenters. The van der Waals surface area contributed by atoms with Crippen molar-refractivity contribution in [2.75, 3.05) is 46.4 Å². The highest BCUT2D eigenvalue weighted by atomic mass is 32.2. The van der Waals surface area contributed by atoms with Crippen LogP contribution in [0.3, 0.4) is 0 Å². The number of aliphatic hydroxyl groups excluding tert-OH is 2. The SMILES string of the molecule is COc1ccc(S(=O)(=O)N2CCN(C[C@H](O)CO)CC2)cc1. The van der Waals surface area contributed by atoms with Gasteiger partial charge < -0.3 is 14.9 Å². The predicted molar refractivity (Wildman–Crippen MR) is 81.3 cm³/mol. The van der Waals surface area contributed by atoms with Gasteiger partial charge in [0.2, 0.25) is 10.0 Å². The van der Waals surface area contributed by atoms with Crippen LogP contribution < -0.4 is 4.74 Å². The van der Waals surface area contributed by atoms with E-state index in [-0.39, 0.29) is 11.5 Å². The highest BCUT2D eigenvalue weighted by molar-refractivity contribution is 7.89. The molecular weight excluding hydrogens is 308 g/mol. The summed E-state index contributed by atoms with van der Waals surface area (Å²) in [5.41, 5.74) is 0. The Morgan fingerprint density at radius 3 is 2.27 bits per heavy atom. The highest BCUT2D eigenvalue weighted by Crippen LogP contribution is 2.20. The third-order valence-corrected chi connectivity index (χ3v) is 5.62. The number of hydrogen-bond acceptors (Lipinski definition) is 6. The number of nitrogens with zero attached hydrogens (tertiary/aromatic N) is 2. The van der Waals surface area contributed by atoms with Crippen LogP contribution >= 0.6 is 0 Å². The molecule has 1 aromatic rings. The first-order chi connectivity index (χ1) is 10.5. The van der Waals surface area contributed by atoms with Gasteiger partial charge in [0, 0.05) is 32.7 Å². The first kappa shape index (κ1) is 17.2. The van der Waals surface area contributed by atoms with Gasteiger partial charge in [0.25, 0.3) is 0 Å². The second-order valence-corrected chi connectivity index (χ2v) is 7.15. The third kappa shape index (κ3) is 3.96. The number of rotatable bonds is 6. The molecule has 1 aromatic carbocycles. The fourth-order valence-corrected chi connectivity index (χ4v) is 3.83. The van der Waals surface area contributed by atoms with Crippen LogP contribution in [-0.4, -0.2) is 80.4 Å². The number of piperazine rings is 1. The van der Waals surface area contributed by atoms with Crippen molar-refractivity contribution < 1.29 is 23.4 Å². The number of sulfonamides is 1. The van der Waals surface area contributed by atoms with E-state index in [1.165, 1.54) is 23.5 Å². The molecule has 1 heterocycles. The lowest BCUT2D eigenvalue weighted by Gasteiger charge is -2.34. The molecule has 0 aliphatic carbocycles. The standard InChI is InChI=1S/C14H22N2O5S/c1-21-13-2-4-14(5-3-13)22(19,20)16-8-6-15(7-9-16)10-12(18)11-17/h2-5,12,17-18H,6-11H2,1H3/t12-/m0/s1. The maximum atomic E-state index is 12.5. The van der Waals surface area contributed by atoms with E-state index < -0.39 is 16.1 Å². The van der Waals surface area contributed by atoms with Crippen molar-refractivity contribution in [3.8, 4) is 5.75 Å². The molecule has 0 aromatic heterocycles. The third-order valence-electron chi connectivity index (χ3n) is 3.71. The molecule has 1 atom stereocenters. The van der Waals surface area contributed by atoms with E-state index in [4.69, 9.17) is 9.84 Å². The molecule has 0 amide bonds. The first-order valence-electron chi connectivity index (χ1n) is 7.13. The van der Waals surface area contributed by atoms with Crippen molar-refractivity contribution >= 4 is 10.0 Å². The Morgan fingerprint density at radius 1 is 1.18 bits per heavy atom. The smallest absolute Gasteiger partial charge is 0.243 e. The van der Waals surface area contributed by atoms with Crippen molar-refractivity contribution in [3.63, 3.8) is 0 Å². The summed E-state index contributed by atoms with van der Waals surface area (Å²) in [5.74, 6) is 0.613. The fourth-order valence-electron chi connectivity index (χ4n) is 2.40. The molecule has 2 N–H and O–H groups in total. The van der Waals surface area contributed by atoms with Crippen LogP contribution in [0.1, 0.15) is 0 Å². The number of hydrogen-bond donors (Lipinski definition) is 2. The van der Waals surface area contributed by atoms with Crippen LogP contribution in [0.15, 0.2) is 29.2 Å². The van der Waals surface area contributed by atoms with E-state index in [0.717, 1.165) is 0 Å². The number of aliphatic hydroxyl groups is 2. The zero-order valence-electron chi connectivity index (χ0n) is 12.6. The van der Waals surface area contributed by atoms with Crippen molar-refractivity contribution in [3.05, 3.63) is 24.3 Å². The minimum Gasteiger partial charge on any atom is -0.497 e. The second kappa shape index (κ2) is 7.38. The first-order valence-corrected chi connectivity index (χ1v) is 8.57. The van der Waals surface area contributed by atoms with Gasteiger partial charge in [-0.05, 0) is 24.3 Å². The van der Waals surface area contributed by atoms with E-state index in [1.807, 2.05) is 4.90 Å². The van der Waals surface area contributed by atoms with Crippen molar-refractivity contribution in [2.24, 2.45) is 0 Å². The van der Waals surface area contributed by atoms with Crippen molar-refractivity contribution in [1.82, 2.24) is 9.21 Å². The largest absolute Gasteiger partial charge is 0.497 e. The molecule has 7 nitrogen and oxygen atoms in total. The quantitative estimate of drug-likeness (QED) is 0.721. The molecule has 22 heavy (non-hydrogen) atoms. The van der Waals surface area contributed by atoms with Gasteiger partial charge in [-0.3, -0.25) is 4.90 Å². The van der Waals surface area contributed by atoms with Crippen LogP contribution in [0.4, 0.5) is 0 Å². The van der Waals surface area contributed by atoms with Gasteiger partial charge in [0.1, 0.15) is 5.75 Å². The van der Waals surface area contributed by atoms with Crippen LogP contribution in [0.2, 0.25) is 0 Å². The summed E-state index contributed by atoms with van der Waals surface area (Å²) in [6.07, 6.45) is -0.787. The summed E-state index contributed by atoms with van der Waals surface area (Å²) >= 11 is 0. The topological polar surface area (TPSA) is 90.3 Å². The Labute approximate surface area is 130 Å². The van der Waals surface area contributed by atoms with Gasteiger partial charge >= 0.3 is 0 Å². The van der Waals surface area contributed by atoms with Gasteiger partial charge in [-0.25, -0.2) is 8.42 Å². The Balaban J connectivity index is 1.99. The number of methoxy groups -OCH3 is 1. The lowest BCUT2D eigenvalue weighted by Crippen LogP contribution is -2.50. The minimum absolute atomic E-state index is 0.247. The van der Waals surface area contributed by atoms with Crippen LogP contribution in [0.5, 0.6) is 5.75 Å². The summed E-state index contributed by atoms with van der Waals surface area (Å²) in [5, 5.41) is 18.3. The Morgan fingerprint density at radius 2 is 1.77 bits per heavy atom. The normalized spacial score (nSPS) is 19.0. The van der Waals surface area contributed by atoms with E-state index in [9.17, 15) is 13.5 Å². The number of β-amino-alcohol motifs (C(OH)–C–C–N with tert-alkyl or cyclic N) is 1. The maximum Gasteiger partial charge on any atom is 0.243 e.